The van der Waals surface area contributed by atoms with Gasteiger partial charge in [-0.25, -0.2) is 4.98 Å². The topological polar surface area (TPSA) is 60.5 Å². The number of rotatable bonds is 0. The Labute approximate surface area is 83.6 Å². The van der Waals surface area contributed by atoms with Crippen molar-refractivity contribution in [3.63, 3.8) is 0 Å². The number of aromatic nitrogens is 1. The van der Waals surface area contributed by atoms with Crippen molar-refractivity contribution in [3.8, 4) is 12.1 Å². The van der Waals surface area contributed by atoms with Crippen molar-refractivity contribution in [2.45, 2.75) is 26.2 Å². The largest absolute Gasteiger partial charge is 0.244 e. The van der Waals surface area contributed by atoms with Crippen LogP contribution in [0, 0.1) is 22.7 Å². The standard InChI is InChI=1S/C11H11N3/c1-11(2,3)9-4-5-14-10(7-13)8(9)6-12/h4-5H,1-3H3. The molecule has 0 radical (unpaired) electrons. The van der Waals surface area contributed by atoms with Crippen molar-refractivity contribution in [2.24, 2.45) is 0 Å². The maximum absolute atomic E-state index is 8.95. The predicted molar refractivity (Wildman–Crippen MR) is 52.4 cm³/mol. The fourth-order valence-corrected chi connectivity index (χ4v) is 1.28. The van der Waals surface area contributed by atoms with Gasteiger partial charge in [0.15, 0.2) is 5.69 Å². The molecule has 3 heteroatoms. The van der Waals surface area contributed by atoms with Gasteiger partial charge in [-0.1, -0.05) is 20.8 Å². The highest BCUT2D eigenvalue weighted by Crippen LogP contribution is 2.26. The maximum atomic E-state index is 8.95. The zero-order valence-corrected chi connectivity index (χ0v) is 8.50. The molecule has 0 amide bonds. The second-order valence-corrected chi connectivity index (χ2v) is 4.06. The van der Waals surface area contributed by atoms with Gasteiger partial charge >= 0.3 is 0 Å². The van der Waals surface area contributed by atoms with Crippen LogP contribution < -0.4 is 0 Å². The molecule has 0 unspecified atom stereocenters. The smallest absolute Gasteiger partial charge is 0.158 e. The van der Waals surface area contributed by atoms with Crippen molar-refractivity contribution >= 4 is 0 Å². The van der Waals surface area contributed by atoms with Gasteiger partial charge in [-0.2, -0.15) is 10.5 Å². The Bertz CT molecular complexity index is 427. The first kappa shape index (κ1) is 10.2. The zero-order chi connectivity index (χ0) is 10.8. The van der Waals surface area contributed by atoms with Gasteiger partial charge in [0.25, 0.3) is 0 Å². The monoisotopic (exact) mass is 185 g/mol. The molecule has 0 fully saturated rings. The molecule has 1 aromatic heterocycles. The third-order valence-corrected chi connectivity index (χ3v) is 1.98. The lowest BCUT2D eigenvalue weighted by molar-refractivity contribution is 0.587. The van der Waals surface area contributed by atoms with Crippen LogP contribution in [0.15, 0.2) is 12.3 Å². The summed E-state index contributed by atoms with van der Waals surface area (Å²) in [5.41, 5.74) is 1.33. The van der Waals surface area contributed by atoms with E-state index in [9.17, 15) is 0 Å². The third kappa shape index (κ3) is 1.72. The first-order valence-corrected chi connectivity index (χ1v) is 4.30. The summed E-state index contributed by atoms with van der Waals surface area (Å²) in [4.78, 5) is 3.86. The Morgan fingerprint density at radius 2 is 1.86 bits per heavy atom. The Hall–Kier alpha value is -1.87. The van der Waals surface area contributed by atoms with Gasteiger partial charge in [-0.15, -0.1) is 0 Å². The number of hydrogen-bond acceptors (Lipinski definition) is 3. The summed E-state index contributed by atoms with van der Waals surface area (Å²) < 4.78 is 0. The van der Waals surface area contributed by atoms with E-state index < -0.39 is 0 Å². The van der Waals surface area contributed by atoms with Gasteiger partial charge in [0.05, 0.1) is 5.56 Å². The molecule has 0 atom stereocenters. The molecular formula is C11H11N3. The minimum Gasteiger partial charge on any atom is -0.244 e. The van der Waals surface area contributed by atoms with E-state index in [0.717, 1.165) is 5.56 Å². The first-order chi connectivity index (χ1) is 6.50. The molecule has 0 spiro atoms. The molecule has 1 heterocycles. The average Bonchev–Trinajstić information content (AvgIpc) is 2.15. The van der Waals surface area contributed by atoms with Crippen LogP contribution in [0.1, 0.15) is 37.6 Å². The van der Waals surface area contributed by atoms with E-state index in [4.69, 9.17) is 10.5 Å². The minimum atomic E-state index is -0.139. The van der Waals surface area contributed by atoms with Crippen LogP contribution in [0.25, 0.3) is 0 Å². The highest BCUT2D eigenvalue weighted by atomic mass is 14.7. The van der Waals surface area contributed by atoms with E-state index in [1.165, 1.54) is 0 Å². The van der Waals surface area contributed by atoms with Crippen LogP contribution in [-0.4, -0.2) is 4.98 Å². The average molecular weight is 185 g/mol. The Kier molecular flexibility index (Phi) is 2.53. The highest BCUT2D eigenvalue weighted by molar-refractivity contribution is 5.48. The fourth-order valence-electron chi connectivity index (χ4n) is 1.28. The van der Waals surface area contributed by atoms with Crippen molar-refractivity contribution in [3.05, 3.63) is 29.1 Å². The van der Waals surface area contributed by atoms with Gasteiger partial charge in [-0.05, 0) is 17.0 Å². The lowest BCUT2D eigenvalue weighted by Gasteiger charge is -2.20. The summed E-state index contributed by atoms with van der Waals surface area (Å²) in [6.45, 7) is 6.01. The Morgan fingerprint density at radius 3 is 2.29 bits per heavy atom. The lowest BCUT2D eigenvalue weighted by atomic mass is 9.84. The number of hydrogen-bond donors (Lipinski definition) is 0. The van der Waals surface area contributed by atoms with E-state index in [-0.39, 0.29) is 11.1 Å². The molecule has 0 aromatic carbocycles. The first-order valence-electron chi connectivity index (χ1n) is 4.30. The second-order valence-electron chi connectivity index (χ2n) is 4.06. The van der Waals surface area contributed by atoms with E-state index in [1.807, 2.05) is 32.9 Å². The normalized spacial score (nSPS) is 10.4. The highest BCUT2D eigenvalue weighted by Gasteiger charge is 2.20. The molecule has 0 N–H and O–H groups in total. The summed E-state index contributed by atoms with van der Waals surface area (Å²) in [5.74, 6) is 0. The predicted octanol–water partition coefficient (Wildman–Crippen LogP) is 2.12. The van der Waals surface area contributed by atoms with E-state index in [2.05, 4.69) is 4.98 Å². The SMILES string of the molecule is CC(C)(C)c1ccnc(C#N)c1C#N. The molecular weight excluding hydrogens is 174 g/mol. The van der Waals surface area contributed by atoms with Gasteiger partial charge in [0.1, 0.15) is 12.1 Å². The molecule has 1 aromatic rings. The molecule has 70 valence electrons. The van der Waals surface area contributed by atoms with Crippen molar-refractivity contribution in [2.75, 3.05) is 0 Å². The summed E-state index contributed by atoms with van der Waals surface area (Å²) in [6.07, 6.45) is 1.57. The summed E-state index contributed by atoms with van der Waals surface area (Å²) in [5, 5.41) is 17.7. The fraction of sp³-hybridized carbons (Fsp3) is 0.364. The van der Waals surface area contributed by atoms with Crippen LogP contribution in [0.3, 0.4) is 0 Å². The molecule has 1 rings (SSSR count). The molecule has 0 saturated heterocycles. The zero-order valence-electron chi connectivity index (χ0n) is 8.50. The molecule has 3 nitrogen and oxygen atoms in total. The second kappa shape index (κ2) is 3.47. The lowest BCUT2D eigenvalue weighted by Crippen LogP contribution is -2.14. The van der Waals surface area contributed by atoms with E-state index in [0.29, 0.717) is 5.56 Å². The molecule has 14 heavy (non-hydrogen) atoms. The van der Waals surface area contributed by atoms with Crippen molar-refractivity contribution < 1.29 is 0 Å². The Balaban J connectivity index is 3.49. The molecule has 0 saturated carbocycles. The van der Waals surface area contributed by atoms with Crippen molar-refractivity contribution in [1.29, 1.82) is 10.5 Å². The van der Waals surface area contributed by atoms with Crippen LogP contribution in [0.2, 0.25) is 0 Å². The molecule has 0 aliphatic carbocycles. The number of pyridine rings is 1. The molecule has 0 bridgehead atoms. The van der Waals surface area contributed by atoms with Crippen LogP contribution >= 0.6 is 0 Å². The summed E-state index contributed by atoms with van der Waals surface area (Å²) in [6, 6.07) is 5.75. The Morgan fingerprint density at radius 1 is 1.21 bits per heavy atom. The van der Waals surface area contributed by atoms with Gasteiger partial charge in [0.2, 0.25) is 0 Å². The van der Waals surface area contributed by atoms with Gasteiger partial charge < -0.3 is 0 Å². The van der Waals surface area contributed by atoms with Gasteiger partial charge in [-0.3, -0.25) is 0 Å². The van der Waals surface area contributed by atoms with Crippen molar-refractivity contribution in [1.82, 2.24) is 4.98 Å². The number of nitrogens with zero attached hydrogens (tertiary/aromatic N) is 3. The summed E-state index contributed by atoms with van der Waals surface area (Å²) >= 11 is 0. The molecule has 0 aliphatic rings. The maximum Gasteiger partial charge on any atom is 0.158 e. The minimum absolute atomic E-state index is 0.139. The third-order valence-electron chi connectivity index (χ3n) is 1.98. The molecule has 0 aliphatic heterocycles. The van der Waals surface area contributed by atoms with Gasteiger partial charge in [0, 0.05) is 6.20 Å². The number of nitriles is 2. The van der Waals surface area contributed by atoms with E-state index >= 15 is 0 Å². The quantitative estimate of drug-likeness (QED) is 0.622. The van der Waals surface area contributed by atoms with Crippen LogP contribution in [-0.2, 0) is 5.41 Å². The van der Waals surface area contributed by atoms with E-state index in [1.54, 1.807) is 12.3 Å². The summed E-state index contributed by atoms with van der Waals surface area (Å²) in [7, 11) is 0. The van der Waals surface area contributed by atoms with Crippen LogP contribution in [0.5, 0.6) is 0 Å². The van der Waals surface area contributed by atoms with Crippen LogP contribution in [0.4, 0.5) is 0 Å².